The molecule has 4 rings (SSSR count). The van der Waals surface area contributed by atoms with Crippen molar-refractivity contribution in [2.24, 2.45) is 0 Å². The van der Waals surface area contributed by atoms with Crippen LogP contribution in [0.2, 0.25) is 0 Å². The minimum Gasteiger partial charge on any atom is -0.481 e. The Morgan fingerprint density at radius 2 is 1.60 bits per heavy atom. The third-order valence-electron chi connectivity index (χ3n) is 5.38. The van der Waals surface area contributed by atoms with Gasteiger partial charge in [-0.3, -0.25) is 9.59 Å². The van der Waals surface area contributed by atoms with Crippen LogP contribution in [0.25, 0.3) is 22.0 Å². The minimum absolute atomic E-state index is 0.204. The molecule has 0 saturated carbocycles. The van der Waals surface area contributed by atoms with Crippen LogP contribution >= 0.6 is 0 Å². The fourth-order valence-corrected chi connectivity index (χ4v) is 3.79. The van der Waals surface area contributed by atoms with E-state index in [-0.39, 0.29) is 12.2 Å². The van der Waals surface area contributed by atoms with Crippen molar-refractivity contribution < 1.29 is 14.7 Å². The lowest BCUT2D eigenvalue weighted by Crippen LogP contribution is -2.09. The SMILES string of the molecule is CC(C)c1cccc(-c2cccc(C(=O)c3[nH]c4ccccc4c3CC(=O)O)c2)c1. The Labute approximate surface area is 175 Å². The summed E-state index contributed by atoms with van der Waals surface area (Å²) in [4.78, 5) is 27.9. The highest BCUT2D eigenvalue weighted by Gasteiger charge is 2.21. The second-order valence-electron chi connectivity index (χ2n) is 7.78. The molecule has 0 bridgehead atoms. The largest absolute Gasteiger partial charge is 0.481 e. The number of carbonyl (C=O) groups excluding carboxylic acids is 1. The molecule has 30 heavy (non-hydrogen) atoms. The van der Waals surface area contributed by atoms with Crippen molar-refractivity contribution >= 4 is 22.7 Å². The zero-order valence-corrected chi connectivity index (χ0v) is 17.0. The molecule has 0 unspecified atom stereocenters. The van der Waals surface area contributed by atoms with E-state index in [1.54, 1.807) is 6.07 Å². The lowest BCUT2D eigenvalue weighted by molar-refractivity contribution is -0.136. The summed E-state index contributed by atoms with van der Waals surface area (Å²) in [5.41, 5.74) is 5.40. The highest BCUT2D eigenvalue weighted by Crippen LogP contribution is 2.28. The number of benzene rings is 3. The highest BCUT2D eigenvalue weighted by molar-refractivity contribution is 6.12. The van der Waals surface area contributed by atoms with Crippen molar-refractivity contribution in [3.05, 3.63) is 95.2 Å². The number of H-pyrrole nitrogens is 1. The zero-order chi connectivity index (χ0) is 21.3. The van der Waals surface area contributed by atoms with E-state index in [1.165, 1.54) is 5.56 Å². The fraction of sp³-hybridized carbons (Fsp3) is 0.154. The van der Waals surface area contributed by atoms with Crippen LogP contribution in [0.1, 0.15) is 46.9 Å². The number of ketones is 1. The van der Waals surface area contributed by atoms with E-state index < -0.39 is 5.97 Å². The molecular formula is C26H23NO3. The quantitative estimate of drug-likeness (QED) is 0.403. The molecule has 150 valence electrons. The van der Waals surface area contributed by atoms with E-state index in [9.17, 15) is 14.7 Å². The lowest BCUT2D eigenvalue weighted by Gasteiger charge is -2.10. The van der Waals surface area contributed by atoms with Gasteiger partial charge in [0.15, 0.2) is 0 Å². The second kappa shape index (κ2) is 7.99. The Bertz CT molecular complexity index is 1250. The topological polar surface area (TPSA) is 70.2 Å². The summed E-state index contributed by atoms with van der Waals surface area (Å²) >= 11 is 0. The number of hydrogen-bond acceptors (Lipinski definition) is 2. The van der Waals surface area contributed by atoms with Gasteiger partial charge in [0.25, 0.3) is 0 Å². The maximum absolute atomic E-state index is 13.4. The first-order chi connectivity index (χ1) is 14.4. The summed E-state index contributed by atoms with van der Waals surface area (Å²) in [6, 6.07) is 23.2. The first-order valence-electron chi connectivity index (χ1n) is 10.0. The van der Waals surface area contributed by atoms with Crippen molar-refractivity contribution in [3.63, 3.8) is 0 Å². The molecule has 1 aromatic heterocycles. The van der Waals surface area contributed by atoms with Crippen LogP contribution in [-0.2, 0) is 11.2 Å². The number of aliphatic carboxylic acids is 1. The Morgan fingerprint density at radius 1 is 0.900 bits per heavy atom. The van der Waals surface area contributed by atoms with Crippen LogP contribution in [0.5, 0.6) is 0 Å². The lowest BCUT2D eigenvalue weighted by atomic mass is 9.95. The van der Waals surface area contributed by atoms with Crippen molar-refractivity contribution in [1.29, 1.82) is 0 Å². The molecule has 0 aliphatic carbocycles. The van der Waals surface area contributed by atoms with Gasteiger partial charge in [-0.25, -0.2) is 0 Å². The number of hydrogen-bond donors (Lipinski definition) is 2. The van der Waals surface area contributed by atoms with Gasteiger partial charge in [-0.1, -0.05) is 74.5 Å². The summed E-state index contributed by atoms with van der Waals surface area (Å²) in [6.07, 6.45) is -0.207. The molecule has 0 fully saturated rings. The number of para-hydroxylation sites is 1. The van der Waals surface area contributed by atoms with E-state index in [4.69, 9.17) is 0 Å². The highest BCUT2D eigenvalue weighted by atomic mass is 16.4. The summed E-state index contributed by atoms with van der Waals surface area (Å²) in [7, 11) is 0. The van der Waals surface area contributed by atoms with Gasteiger partial charge in [0.1, 0.15) is 0 Å². The first-order valence-corrected chi connectivity index (χ1v) is 10.0. The predicted octanol–water partition coefficient (Wildman–Crippen LogP) is 5.82. The monoisotopic (exact) mass is 397 g/mol. The average Bonchev–Trinajstić information content (AvgIpc) is 3.11. The molecule has 0 atom stereocenters. The second-order valence-corrected chi connectivity index (χ2v) is 7.78. The van der Waals surface area contributed by atoms with E-state index in [0.717, 1.165) is 22.0 Å². The maximum atomic E-state index is 13.4. The molecule has 4 aromatic rings. The van der Waals surface area contributed by atoms with Gasteiger partial charge in [0.2, 0.25) is 5.78 Å². The summed E-state index contributed by atoms with van der Waals surface area (Å²) in [6.45, 7) is 4.30. The Hall–Kier alpha value is -3.66. The molecule has 0 aliphatic rings. The number of carboxylic acid groups (broad SMARTS) is 1. The average molecular weight is 397 g/mol. The number of carbonyl (C=O) groups is 2. The third-order valence-corrected chi connectivity index (χ3v) is 5.38. The Morgan fingerprint density at radius 3 is 2.33 bits per heavy atom. The molecule has 0 aliphatic heterocycles. The Balaban J connectivity index is 1.77. The first kappa shape index (κ1) is 19.6. The van der Waals surface area contributed by atoms with Crippen molar-refractivity contribution in [1.82, 2.24) is 4.98 Å². The smallest absolute Gasteiger partial charge is 0.307 e. The normalized spacial score (nSPS) is 11.2. The van der Waals surface area contributed by atoms with Crippen LogP contribution in [0.15, 0.2) is 72.8 Å². The van der Waals surface area contributed by atoms with Crippen molar-refractivity contribution in [2.45, 2.75) is 26.2 Å². The molecule has 0 amide bonds. The van der Waals surface area contributed by atoms with Gasteiger partial charge >= 0.3 is 5.97 Å². The molecule has 0 spiro atoms. The van der Waals surface area contributed by atoms with E-state index in [0.29, 0.717) is 22.7 Å². The molecule has 1 heterocycles. The standard InChI is InChI=1S/C26H23NO3/c1-16(2)17-7-5-8-18(13-17)19-9-6-10-20(14-19)26(30)25-22(15-24(28)29)21-11-3-4-12-23(21)27-25/h3-14,16,27H,15H2,1-2H3,(H,28,29). The molecule has 3 aromatic carbocycles. The van der Waals surface area contributed by atoms with Crippen molar-refractivity contribution in [3.8, 4) is 11.1 Å². The van der Waals surface area contributed by atoms with Crippen LogP contribution in [-0.4, -0.2) is 21.8 Å². The van der Waals surface area contributed by atoms with Crippen LogP contribution in [0.3, 0.4) is 0 Å². The van der Waals surface area contributed by atoms with Gasteiger partial charge in [0, 0.05) is 22.0 Å². The maximum Gasteiger partial charge on any atom is 0.307 e. The van der Waals surface area contributed by atoms with Gasteiger partial charge in [-0.2, -0.15) is 0 Å². The molecule has 0 radical (unpaired) electrons. The number of aromatic amines is 1. The number of aromatic nitrogens is 1. The van der Waals surface area contributed by atoms with Gasteiger partial charge in [-0.15, -0.1) is 0 Å². The van der Waals surface area contributed by atoms with Gasteiger partial charge in [0.05, 0.1) is 12.1 Å². The van der Waals surface area contributed by atoms with Crippen LogP contribution < -0.4 is 0 Å². The number of rotatable bonds is 6. The van der Waals surface area contributed by atoms with Crippen LogP contribution in [0, 0.1) is 0 Å². The molecule has 4 heteroatoms. The van der Waals surface area contributed by atoms with Crippen LogP contribution in [0.4, 0.5) is 0 Å². The molecular weight excluding hydrogens is 374 g/mol. The fourth-order valence-electron chi connectivity index (χ4n) is 3.79. The molecule has 4 nitrogen and oxygen atoms in total. The van der Waals surface area contributed by atoms with E-state index in [1.807, 2.05) is 54.6 Å². The minimum atomic E-state index is -0.965. The van der Waals surface area contributed by atoms with E-state index >= 15 is 0 Å². The number of fused-ring (bicyclic) bond motifs is 1. The van der Waals surface area contributed by atoms with Gasteiger partial charge < -0.3 is 10.1 Å². The summed E-state index contributed by atoms with van der Waals surface area (Å²) in [5.74, 6) is -0.753. The zero-order valence-electron chi connectivity index (χ0n) is 17.0. The molecule has 2 N–H and O–H groups in total. The Kier molecular flexibility index (Phi) is 5.23. The number of nitrogens with one attached hydrogen (secondary N) is 1. The van der Waals surface area contributed by atoms with Gasteiger partial charge in [-0.05, 0) is 34.7 Å². The van der Waals surface area contributed by atoms with E-state index in [2.05, 4.69) is 31.0 Å². The van der Waals surface area contributed by atoms with Crippen molar-refractivity contribution in [2.75, 3.05) is 0 Å². The number of carboxylic acids is 1. The summed E-state index contributed by atoms with van der Waals surface area (Å²) in [5, 5.41) is 10.1. The third kappa shape index (κ3) is 3.77. The predicted molar refractivity (Wildman–Crippen MR) is 119 cm³/mol. The summed E-state index contributed by atoms with van der Waals surface area (Å²) < 4.78 is 0. The molecule has 0 saturated heterocycles.